The molecule has 0 heteroatoms. The molecule has 2 fully saturated rings. The lowest BCUT2D eigenvalue weighted by molar-refractivity contribution is -0.00583. The molecule has 0 heterocycles. The minimum absolute atomic E-state index is 0.638. The molecule has 0 aromatic carbocycles. The first-order valence-corrected chi connectivity index (χ1v) is 8.58. The molecule has 4 bridgehead atoms. The van der Waals surface area contributed by atoms with Crippen LogP contribution < -0.4 is 0 Å². The molecule has 0 N–H and O–H groups in total. The highest BCUT2D eigenvalue weighted by Gasteiger charge is 2.50. The summed E-state index contributed by atoms with van der Waals surface area (Å²) in [5.41, 5.74) is 4.57. The minimum Gasteiger partial charge on any atom is -0.0850 e. The zero-order chi connectivity index (χ0) is 14.7. The van der Waals surface area contributed by atoms with Gasteiger partial charge in [0.2, 0.25) is 0 Å². The molecule has 0 amide bonds. The van der Waals surface area contributed by atoms with Gasteiger partial charge in [-0.1, -0.05) is 51.0 Å². The second-order valence-electron chi connectivity index (χ2n) is 8.98. The van der Waals surface area contributed by atoms with Crippen molar-refractivity contribution in [1.82, 2.24) is 0 Å². The van der Waals surface area contributed by atoms with Crippen molar-refractivity contribution in [3.05, 3.63) is 23.3 Å². The lowest BCUT2D eigenvalue weighted by Gasteiger charge is -2.56. The number of allylic oxidation sites excluding steroid dienone is 4. The predicted octanol–water partition coefficient (Wildman–Crippen LogP) is 6.00. The first-order chi connectivity index (χ1) is 9.24. The summed E-state index contributed by atoms with van der Waals surface area (Å²) in [6.07, 6.45) is 10.5. The van der Waals surface area contributed by atoms with Crippen LogP contribution in [-0.4, -0.2) is 0 Å². The fourth-order valence-electron chi connectivity index (χ4n) is 5.32. The Bertz CT molecular complexity index is 416. The first kappa shape index (κ1) is 14.4. The van der Waals surface area contributed by atoms with Gasteiger partial charge in [0, 0.05) is 0 Å². The van der Waals surface area contributed by atoms with E-state index in [1.165, 1.54) is 25.7 Å². The Hall–Kier alpha value is -0.520. The molecule has 0 aromatic rings. The van der Waals surface area contributed by atoms with Crippen LogP contribution in [0.5, 0.6) is 0 Å². The van der Waals surface area contributed by atoms with Gasteiger partial charge < -0.3 is 0 Å². The van der Waals surface area contributed by atoms with Crippen molar-refractivity contribution in [3.8, 4) is 0 Å². The maximum Gasteiger partial charge on any atom is -0.0149 e. The molecule has 6 aliphatic carbocycles. The van der Waals surface area contributed by atoms with Gasteiger partial charge in [0.05, 0.1) is 0 Å². The summed E-state index contributed by atoms with van der Waals surface area (Å²) >= 11 is 0. The number of fused-ring (bicyclic) bond motifs is 2. The molecular weight excluding hydrogens is 240 g/mol. The van der Waals surface area contributed by atoms with Crippen LogP contribution in [0.4, 0.5) is 0 Å². The molecule has 112 valence electrons. The summed E-state index contributed by atoms with van der Waals surface area (Å²) in [5.74, 6) is 3.85. The molecular formula is C20H32. The highest BCUT2D eigenvalue weighted by molar-refractivity contribution is 5.21. The molecule has 0 nitrogen and oxygen atoms in total. The molecule has 0 radical (unpaired) electrons. The summed E-state index contributed by atoms with van der Waals surface area (Å²) in [5, 5.41) is 0. The van der Waals surface area contributed by atoms with E-state index in [1.807, 2.05) is 0 Å². The van der Waals surface area contributed by atoms with Crippen molar-refractivity contribution in [2.75, 3.05) is 0 Å². The average molecular weight is 272 g/mol. The van der Waals surface area contributed by atoms with Crippen molar-refractivity contribution < 1.29 is 0 Å². The van der Waals surface area contributed by atoms with Crippen LogP contribution in [0.3, 0.4) is 0 Å². The summed E-state index contributed by atoms with van der Waals surface area (Å²) < 4.78 is 0. The Kier molecular flexibility index (Phi) is 3.23. The molecule has 20 heavy (non-hydrogen) atoms. The largest absolute Gasteiger partial charge is 0.0850 e. The lowest BCUT2D eigenvalue weighted by Crippen LogP contribution is -2.47. The van der Waals surface area contributed by atoms with Crippen LogP contribution in [0.15, 0.2) is 23.3 Å². The van der Waals surface area contributed by atoms with Crippen LogP contribution in [-0.2, 0) is 0 Å². The van der Waals surface area contributed by atoms with Gasteiger partial charge in [-0.25, -0.2) is 0 Å². The van der Waals surface area contributed by atoms with Crippen molar-refractivity contribution in [1.29, 1.82) is 0 Å². The maximum atomic E-state index is 2.43. The van der Waals surface area contributed by atoms with E-state index < -0.39 is 0 Å². The first-order valence-electron chi connectivity index (χ1n) is 8.58. The molecule has 4 unspecified atom stereocenters. The number of rotatable bonds is 0. The van der Waals surface area contributed by atoms with Crippen molar-refractivity contribution in [3.63, 3.8) is 0 Å². The molecule has 2 saturated carbocycles. The quantitative estimate of drug-likeness (QED) is 0.475. The predicted molar refractivity (Wildman–Crippen MR) is 87.5 cm³/mol. The van der Waals surface area contributed by atoms with Gasteiger partial charge in [0.15, 0.2) is 0 Å². The lowest BCUT2D eigenvalue weighted by atomic mass is 9.49. The third-order valence-electron chi connectivity index (χ3n) is 7.49. The van der Waals surface area contributed by atoms with Crippen LogP contribution >= 0.6 is 0 Å². The summed E-state index contributed by atoms with van der Waals surface area (Å²) in [7, 11) is 0. The second-order valence-corrected chi connectivity index (χ2v) is 8.98. The van der Waals surface area contributed by atoms with E-state index in [1.54, 1.807) is 11.1 Å². The SMILES string of the molecule is CC1=CCC2CC1C2(C)C.CC1=CCC2CC1C2(C)C. The van der Waals surface area contributed by atoms with Gasteiger partial charge in [-0.3, -0.25) is 0 Å². The van der Waals surface area contributed by atoms with Crippen LogP contribution in [0.25, 0.3) is 0 Å². The minimum atomic E-state index is 0.638. The Morgan fingerprint density at radius 2 is 1.10 bits per heavy atom. The van der Waals surface area contributed by atoms with Crippen molar-refractivity contribution in [2.45, 2.75) is 67.2 Å². The molecule has 4 atom stereocenters. The normalized spacial score (nSPS) is 42.1. The summed E-state index contributed by atoms with van der Waals surface area (Å²) in [6.45, 7) is 14.3. The van der Waals surface area contributed by atoms with Crippen molar-refractivity contribution >= 4 is 0 Å². The Morgan fingerprint density at radius 1 is 0.750 bits per heavy atom. The van der Waals surface area contributed by atoms with Gasteiger partial charge in [0.1, 0.15) is 0 Å². The molecule has 6 rings (SSSR count). The van der Waals surface area contributed by atoms with E-state index >= 15 is 0 Å². The Labute approximate surface area is 125 Å². The van der Waals surface area contributed by atoms with Crippen LogP contribution in [0.2, 0.25) is 0 Å². The van der Waals surface area contributed by atoms with E-state index in [0.29, 0.717) is 10.8 Å². The van der Waals surface area contributed by atoms with Gasteiger partial charge in [-0.15, -0.1) is 0 Å². The van der Waals surface area contributed by atoms with E-state index in [-0.39, 0.29) is 0 Å². The smallest absolute Gasteiger partial charge is 0.0149 e. The molecule has 0 aromatic heterocycles. The number of hydrogen-bond donors (Lipinski definition) is 0. The van der Waals surface area contributed by atoms with Gasteiger partial charge in [-0.05, 0) is 74.0 Å². The standard InChI is InChI=1S/2C10H16/c2*1-7-4-5-8-6-9(7)10(8,2)3/h2*4,8-9H,5-6H2,1-3H3. The zero-order valence-electron chi connectivity index (χ0n) is 14.3. The highest BCUT2D eigenvalue weighted by Crippen LogP contribution is 2.59. The second kappa shape index (κ2) is 4.49. The monoisotopic (exact) mass is 272 g/mol. The maximum absolute atomic E-state index is 2.43. The van der Waals surface area contributed by atoms with Crippen LogP contribution in [0, 0.1) is 34.5 Å². The highest BCUT2D eigenvalue weighted by atomic mass is 14.5. The van der Waals surface area contributed by atoms with E-state index in [4.69, 9.17) is 0 Å². The number of hydrogen-bond acceptors (Lipinski definition) is 0. The Morgan fingerprint density at radius 3 is 1.25 bits per heavy atom. The molecule has 6 aliphatic rings. The topological polar surface area (TPSA) is 0 Å². The summed E-state index contributed by atoms with van der Waals surface area (Å²) in [6, 6.07) is 0. The third kappa shape index (κ3) is 1.94. The molecule has 0 spiro atoms. The Balaban J connectivity index is 0.000000121. The fraction of sp³-hybridized carbons (Fsp3) is 0.800. The average Bonchev–Trinajstić information content (AvgIpc) is 2.38. The van der Waals surface area contributed by atoms with Crippen molar-refractivity contribution in [2.24, 2.45) is 34.5 Å². The molecule has 0 aliphatic heterocycles. The van der Waals surface area contributed by atoms with Gasteiger partial charge in [0.25, 0.3) is 0 Å². The van der Waals surface area contributed by atoms with E-state index in [9.17, 15) is 0 Å². The molecule has 0 saturated heterocycles. The van der Waals surface area contributed by atoms with Crippen LogP contribution in [0.1, 0.15) is 67.2 Å². The van der Waals surface area contributed by atoms with Gasteiger partial charge >= 0.3 is 0 Å². The zero-order valence-corrected chi connectivity index (χ0v) is 14.3. The van der Waals surface area contributed by atoms with E-state index in [0.717, 1.165) is 23.7 Å². The van der Waals surface area contributed by atoms with E-state index in [2.05, 4.69) is 53.7 Å². The third-order valence-corrected chi connectivity index (χ3v) is 7.49. The fourth-order valence-corrected chi connectivity index (χ4v) is 5.32. The summed E-state index contributed by atoms with van der Waals surface area (Å²) in [4.78, 5) is 0. The van der Waals surface area contributed by atoms with Gasteiger partial charge in [-0.2, -0.15) is 0 Å².